The summed E-state index contributed by atoms with van der Waals surface area (Å²) in [5, 5.41) is 0.685. The van der Waals surface area contributed by atoms with Gasteiger partial charge in [0.25, 0.3) is 5.91 Å². The molecule has 0 radical (unpaired) electrons. The second-order valence-corrected chi connectivity index (χ2v) is 9.12. The fourth-order valence-electron chi connectivity index (χ4n) is 3.56. The summed E-state index contributed by atoms with van der Waals surface area (Å²) in [6.07, 6.45) is 2.68. The van der Waals surface area contributed by atoms with Crippen molar-refractivity contribution in [1.29, 1.82) is 0 Å². The van der Waals surface area contributed by atoms with E-state index >= 15 is 0 Å². The van der Waals surface area contributed by atoms with E-state index < -0.39 is 0 Å². The smallest absolute Gasteiger partial charge is 0.266 e. The first-order valence-corrected chi connectivity index (χ1v) is 12.1. The van der Waals surface area contributed by atoms with Crippen LogP contribution in [0.3, 0.4) is 0 Å². The maximum atomic E-state index is 13.4. The Kier molecular flexibility index (Phi) is 7.70. The van der Waals surface area contributed by atoms with Crippen molar-refractivity contribution in [3.63, 3.8) is 0 Å². The fourth-order valence-corrected chi connectivity index (χ4v) is 4.59. The van der Waals surface area contributed by atoms with Crippen molar-refractivity contribution in [2.75, 3.05) is 13.7 Å². The Morgan fingerprint density at radius 2 is 1.68 bits per heavy atom. The number of hydrogen-bond donors (Lipinski definition) is 0. The summed E-state index contributed by atoms with van der Waals surface area (Å²) in [6.45, 7) is 4.50. The van der Waals surface area contributed by atoms with Gasteiger partial charge in [-0.1, -0.05) is 54.6 Å². The molecule has 0 spiro atoms. The van der Waals surface area contributed by atoms with Gasteiger partial charge in [-0.25, -0.2) is 4.99 Å². The topological polar surface area (TPSA) is 51.1 Å². The summed E-state index contributed by atoms with van der Waals surface area (Å²) in [5.74, 6) is 1.27. The van der Waals surface area contributed by atoms with Gasteiger partial charge >= 0.3 is 0 Å². The van der Waals surface area contributed by atoms with Crippen molar-refractivity contribution in [2.45, 2.75) is 26.4 Å². The van der Waals surface area contributed by atoms with E-state index in [4.69, 9.17) is 14.5 Å². The molecule has 1 aliphatic heterocycles. The molecule has 0 unspecified atom stereocenters. The van der Waals surface area contributed by atoms with E-state index in [0.29, 0.717) is 28.1 Å². The second-order valence-electron chi connectivity index (χ2n) is 8.11. The fraction of sp³-hybridized carbons (Fsp3) is 0.214. The number of benzene rings is 3. The van der Waals surface area contributed by atoms with E-state index in [1.165, 1.54) is 17.3 Å². The highest BCUT2D eigenvalue weighted by molar-refractivity contribution is 8.18. The Balaban J connectivity index is 1.62. The third-order valence-electron chi connectivity index (χ3n) is 5.18. The third kappa shape index (κ3) is 5.88. The van der Waals surface area contributed by atoms with Crippen LogP contribution in [0, 0.1) is 0 Å². The van der Waals surface area contributed by atoms with Gasteiger partial charge < -0.3 is 9.47 Å². The first-order chi connectivity index (χ1) is 16.5. The molecule has 3 aromatic carbocycles. The monoisotopic (exact) mass is 472 g/mol. The molecule has 34 heavy (non-hydrogen) atoms. The van der Waals surface area contributed by atoms with Crippen molar-refractivity contribution < 1.29 is 14.3 Å². The number of carbonyl (C=O) groups excluding carboxylic acids is 1. The Hall–Kier alpha value is -3.51. The minimum absolute atomic E-state index is 0.0417. The van der Waals surface area contributed by atoms with Crippen LogP contribution in [0.25, 0.3) is 6.08 Å². The van der Waals surface area contributed by atoms with Crippen LogP contribution in [0.2, 0.25) is 0 Å². The Bertz CT molecular complexity index is 1190. The van der Waals surface area contributed by atoms with Crippen molar-refractivity contribution in [2.24, 2.45) is 4.99 Å². The Morgan fingerprint density at radius 1 is 0.971 bits per heavy atom. The summed E-state index contributed by atoms with van der Waals surface area (Å²) >= 11 is 1.40. The zero-order valence-corrected chi connectivity index (χ0v) is 20.4. The molecule has 1 amide bonds. The van der Waals surface area contributed by atoms with Crippen LogP contribution in [0.4, 0.5) is 5.69 Å². The molecule has 0 N–H and O–H groups in total. The molecule has 1 aliphatic rings. The van der Waals surface area contributed by atoms with Crippen molar-refractivity contribution in [3.05, 3.63) is 94.9 Å². The lowest BCUT2D eigenvalue weighted by atomic mass is 10.1. The standard InChI is InChI=1S/C28H28N2O3S/c1-20(2)33-24-15-14-22(18-25(24)32-3)19-26-27(31)30(17-16-21-10-6-4-7-11-21)28(34-26)29-23-12-8-5-9-13-23/h4-15,18-20H,16-17H2,1-3H3/b26-19+,29-28?. The molecule has 0 saturated carbocycles. The van der Waals surface area contributed by atoms with E-state index in [1.54, 1.807) is 12.0 Å². The van der Waals surface area contributed by atoms with Crippen molar-refractivity contribution in [1.82, 2.24) is 4.90 Å². The second kappa shape index (κ2) is 11.1. The number of ether oxygens (including phenoxy) is 2. The SMILES string of the molecule is COc1cc(/C=C2/SC(=Nc3ccccc3)N(CCc3ccccc3)C2=O)ccc1OC(C)C. The molecule has 4 rings (SSSR count). The van der Waals surface area contributed by atoms with Crippen LogP contribution in [-0.4, -0.2) is 35.7 Å². The van der Waals surface area contributed by atoms with Crippen LogP contribution in [0.15, 0.2) is 88.8 Å². The van der Waals surface area contributed by atoms with Crippen LogP contribution in [0.1, 0.15) is 25.0 Å². The summed E-state index contributed by atoms with van der Waals surface area (Å²) in [5.41, 5.74) is 2.87. The predicted molar refractivity (Wildman–Crippen MR) is 140 cm³/mol. The van der Waals surface area contributed by atoms with E-state index in [-0.39, 0.29) is 12.0 Å². The molecular weight excluding hydrogens is 444 g/mol. The number of carbonyl (C=O) groups is 1. The van der Waals surface area contributed by atoms with Gasteiger partial charge in [0.15, 0.2) is 16.7 Å². The molecule has 0 bridgehead atoms. The molecule has 0 aromatic heterocycles. The lowest BCUT2D eigenvalue weighted by Gasteiger charge is -2.15. The first-order valence-electron chi connectivity index (χ1n) is 11.3. The number of thioether (sulfide) groups is 1. The summed E-state index contributed by atoms with van der Waals surface area (Å²) in [4.78, 5) is 20.6. The molecule has 0 atom stereocenters. The van der Waals surface area contributed by atoms with Crippen LogP contribution >= 0.6 is 11.8 Å². The van der Waals surface area contributed by atoms with Crippen molar-refractivity contribution in [3.8, 4) is 11.5 Å². The molecular formula is C28H28N2O3S. The average molecular weight is 473 g/mol. The number of amides is 1. The highest BCUT2D eigenvalue weighted by atomic mass is 32.2. The molecule has 0 aliphatic carbocycles. The summed E-state index contributed by atoms with van der Waals surface area (Å²) in [7, 11) is 1.62. The zero-order chi connectivity index (χ0) is 23.9. The number of para-hydroxylation sites is 1. The van der Waals surface area contributed by atoms with Crippen LogP contribution in [0.5, 0.6) is 11.5 Å². The number of aliphatic imine (C=N–C) groups is 1. The quantitative estimate of drug-likeness (QED) is 0.360. The number of rotatable bonds is 8. The Labute approximate surface area is 205 Å². The number of nitrogens with zero attached hydrogens (tertiary/aromatic N) is 2. The van der Waals surface area contributed by atoms with Gasteiger partial charge in [-0.3, -0.25) is 9.69 Å². The Morgan fingerprint density at radius 3 is 2.35 bits per heavy atom. The van der Waals surface area contributed by atoms with Crippen LogP contribution in [-0.2, 0) is 11.2 Å². The van der Waals surface area contributed by atoms with Gasteiger partial charge in [-0.2, -0.15) is 0 Å². The highest BCUT2D eigenvalue weighted by Crippen LogP contribution is 2.36. The van der Waals surface area contributed by atoms with Gasteiger partial charge in [-0.15, -0.1) is 0 Å². The van der Waals surface area contributed by atoms with Gasteiger partial charge in [-0.05, 0) is 73.5 Å². The number of hydrogen-bond acceptors (Lipinski definition) is 5. The van der Waals surface area contributed by atoms with Gasteiger partial charge in [0.05, 0.1) is 23.8 Å². The summed E-state index contributed by atoms with van der Waals surface area (Å²) in [6, 6.07) is 25.6. The number of methoxy groups -OCH3 is 1. The average Bonchev–Trinajstić information content (AvgIpc) is 3.13. The largest absolute Gasteiger partial charge is 0.493 e. The lowest BCUT2D eigenvalue weighted by Crippen LogP contribution is -2.31. The lowest BCUT2D eigenvalue weighted by molar-refractivity contribution is -0.122. The van der Waals surface area contributed by atoms with Gasteiger partial charge in [0.1, 0.15) is 0 Å². The molecule has 6 heteroatoms. The van der Waals surface area contributed by atoms with Crippen LogP contribution < -0.4 is 9.47 Å². The molecule has 1 heterocycles. The number of amidine groups is 1. The van der Waals surface area contributed by atoms with E-state index in [2.05, 4.69) is 12.1 Å². The molecule has 1 saturated heterocycles. The zero-order valence-electron chi connectivity index (χ0n) is 19.6. The molecule has 174 valence electrons. The molecule has 3 aromatic rings. The van der Waals surface area contributed by atoms with Gasteiger partial charge in [0.2, 0.25) is 0 Å². The maximum Gasteiger partial charge on any atom is 0.266 e. The summed E-state index contributed by atoms with van der Waals surface area (Å²) < 4.78 is 11.3. The maximum absolute atomic E-state index is 13.4. The van der Waals surface area contributed by atoms with E-state index in [0.717, 1.165) is 17.7 Å². The molecule has 5 nitrogen and oxygen atoms in total. The minimum Gasteiger partial charge on any atom is -0.493 e. The molecule has 1 fully saturated rings. The van der Waals surface area contributed by atoms with E-state index in [1.807, 2.05) is 86.7 Å². The van der Waals surface area contributed by atoms with Gasteiger partial charge in [0, 0.05) is 6.54 Å². The van der Waals surface area contributed by atoms with E-state index in [9.17, 15) is 4.79 Å². The first kappa shape index (κ1) is 23.6. The minimum atomic E-state index is -0.0444. The third-order valence-corrected chi connectivity index (χ3v) is 6.19. The normalized spacial score (nSPS) is 16.0. The van der Waals surface area contributed by atoms with Crippen molar-refractivity contribution >= 4 is 34.6 Å². The predicted octanol–water partition coefficient (Wildman–Crippen LogP) is 6.33. The highest BCUT2D eigenvalue weighted by Gasteiger charge is 2.33.